The fraction of sp³-hybridized carbons (Fsp3) is 0.357. The van der Waals surface area contributed by atoms with Gasteiger partial charge < -0.3 is 5.11 Å². The Labute approximate surface area is 102 Å². The van der Waals surface area contributed by atoms with E-state index in [2.05, 4.69) is 30.0 Å². The van der Waals surface area contributed by atoms with Crippen molar-refractivity contribution < 1.29 is 9.90 Å². The molecule has 1 N–H and O–H groups in total. The molecule has 0 amide bonds. The monoisotopic (exact) mass is 233 g/mol. The lowest BCUT2D eigenvalue weighted by Gasteiger charge is -2.15. The van der Waals surface area contributed by atoms with Gasteiger partial charge in [-0.1, -0.05) is 35.9 Å². The van der Waals surface area contributed by atoms with Crippen molar-refractivity contribution in [3.05, 3.63) is 47.0 Å². The van der Waals surface area contributed by atoms with Crippen molar-refractivity contribution in [2.24, 2.45) is 0 Å². The van der Waals surface area contributed by atoms with E-state index in [0.29, 0.717) is 12.1 Å². The van der Waals surface area contributed by atoms with E-state index in [1.807, 2.05) is 13.1 Å². The Kier molecular flexibility index (Phi) is 4.91. The van der Waals surface area contributed by atoms with Crippen LogP contribution < -0.4 is 0 Å². The molecule has 0 aliphatic heterocycles. The van der Waals surface area contributed by atoms with Crippen LogP contribution in [0, 0.1) is 6.92 Å². The van der Waals surface area contributed by atoms with Crippen molar-refractivity contribution in [2.75, 3.05) is 13.6 Å². The second-order valence-electron chi connectivity index (χ2n) is 4.38. The number of hydrogen-bond acceptors (Lipinski definition) is 2. The lowest BCUT2D eigenvalue weighted by Crippen LogP contribution is -2.18. The van der Waals surface area contributed by atoms with Crippen molar-refractivity contribution in [3.63, 3.8) is 0 Å². The number of aryl methyl sites for hydroxylation is 1. The Balaban J connectivity index is 2.53. The van der Waals surface area contributed by atoms with Crippen LogP contribution >= 0.6 is 0 Å². The van der Waals surface area contributed by atoms with E-state index in [9.17, 15) is 4.79 Å². The van der Waals surface area contributed by atoms with Gasteiger partial charge in [0.05, 0.1) is 0 Å². The molecular weight excluding hydrogens is 214 g/mol. The largest absolute Gasteiger partial charge is 0.478 e. The zero-order valence-corrected chi connectivity index (χ0v) is 10.6. The summed E-state index contributed by atoms with van der Waals surface area (Å²) >= 11 is 0. The van der Waals surface area contributed by atoms with E-state index < -0.39 is 5.97 Å². The van der Waals surface area contributed by atoms with Crippen LogP contribution in [0.15, 0.2) is 35.9 Å². The first-order valence-electron chi connectivity index (χ1n) is 5.63. The van der Waals surface area contributed by atoms with Gasteiger partial charge in [0.1, 0.15) is 0 Å². The van der Waals surface area contributed by atoms with Gasteiger partial charge in [0.25, 0.3) is 0 Å². The highest BCUT2D eigenvalue weighted by Crippen LogP contribution is 2.06. The number of rotatable bonds is 5. The Morgan fingerprint density at radius 1 is 1.47 bits per heavy atom. The predicted octanol–water partition coefficient (Wildman–Crippen LogP) is 2.46. The highest BCUT2D eigenvalue weighted by atomic mass is 16.4. The standard InChI is InChI=1S/C14H19NO2/c1-11-5-4-6-13(9-11)10-15(3)8-7-12(2)14(16)17/h4-7,9H,8,10H2,1-3H3,(H,16,17). The van der Waals surface area contributed by atoms with Crippen LogP contribution in [0.4, 0.5) is 0 Å². The summed E-state index contributed by atoms with van der Waals surface area (Å²) in [6.07, 6.45) is 1.73. The number of hydrogen-bond donors (Lipinski definition) is 1. The minimum Gasteiger partial charge on any atom is -0.478 e. The van der Waals surface area contributed by atoms with Gasteiger partial charge in [-0.3, -0.25) is 4.90 Å². The summed E-state index contributed by atoms with van der Waals surface area (Å²) in [5.74, 6) is -0.853. The highest BCUT2D eigenvalue weighted by molar-refractivity contribution is 5.85. The SMILES string of the molecule is CC(=CCN(C)Cc1cccc(C)c1)C(=O)O. The zero-order valence-electron chi connectivity index (χ0n) is 10.6. The van der Waals surface area contributed by atoms with Crippen molar-refractivity contribution in [1.82, 2.24) is 4.90 Å². The Hall–Kier alpha value is -1.61. The first-order chi connectivity index (χ1) is 7.99. The van der Waals surface area contributed by atoms with Crippen LogP contribution in [0.1, 0.15) is 18.1 Å². The molecule has 0 heterocycles. The molecule has 0 aliphatic carbocycles. The molecule has 0 bridgehead atoms. The molecular formula is C14H19NO2. The summed E-state index contributed by atoms with van der Waals surface area (Å²) in [6.45, 7) is 5.15. The molecule has 3 heteroatoms. The molecule has 0 atom stereocenters. The summed E-state index contributed by atoms with van der Waals surface area (Å²) in [4.78, 5) is 12.7. The first-order valence-corrected chi connectivity index (χ1v) is 5.63. The Morgan fingerprint density at radius 3 is 2.76 bits per heavy atom. The summed E-state index contributed by atoms with van der Waals surface area (Å²) in [5.41, 5.74) is 2.88. The maximum Gasteiger partial charge on any atom is 0.330 e. The van der Waals surface area contributed by atoms with Crippen LogP contribution in [-0.2, 0) is 11.3 Å². The van der Waals surface area contributed by atoms with Gasteiger partial charge in [-0.15, -0.1) is 0 Å². The molecule has 0 unspecified atom stereocenters. The van der Waals surface area contributed by atoms with Crippen LogP contribution in [0.2, 0.25) is 0 Å². The third-order valence-electron chi connectivity index (χ3n) is 2.58. The van der Waals surface area contributed by atoms with E-state index in [1.54, 1.807) is 13.0 Å². The Morgan fingerprint density at radius 2 is 2.18 bits per heavy atom. The minimum atomic E-state index is -0.853. The van der Waals surface area contributed by atoms with Gasteiger partial charge in [-0.25, -0.2) is 4.79 Å². The third-order valence-corrected chi connectivity index (χ3v) is 2.58. The summed E-state index contributed by atoms with van der Waals surface area (Å²) in [6, 6.07) is 8.33. The highest BCUT2D eigenvalue weighted by Gasteiger charge is 2.02. The number of carboxylic acids is 1. The van der Waals surface area contributed by atoms with Gasteiger partial charge >= 0.3 is 5.97 Å². The van der Waals surface area contributed by atoms with E-state index >= 15 is 0 Å². The zero-order chi connectivity index (χ0) is 12.8. The second-order valence-corrected chi connectivity index (χ2v) is 4.38. The Bertz CT molecular complexity index is 424. The maximum absolute atomic E-state index is 10.6. The summed E-state index contributed by atoms with van der Waals surface area (Å²) < 4.78 is 0. The summed E-state index contributed by atoms with van der Waals surface area (Å²) in [5, 5.41) is 8.73. The summed E-state index contributed by atoms with van der Waals surface area (Å²) in [7, 11) is 1.98. The van der Waals surface area contributed by atoms with Crippen molar-refractivity contribution in [3.8, 4) is 0 Å². The van der Waals surface area contributed by atoms with E-state index in [0.717, 1.165) is 6.54 Å². The number of benzene rings is 1. The average Bonchev–Trinajstić information content (AvgIpc) is 2.25. The topological polar surface area (TPSA) is 40.5 Å². The van der Waals surface area contributed by atoms with Gasteiger partial charge in [0.15, 0.2) is 0 Å². The lowest BCUT2D eigenvalue weighted by molar-refractivity contribution is -0.132. The lowest BCUT2D eigenvalue weighted by atomic mass is 10.1. The maximum atomic E-state index is 10.6. The van der Waals surface area contributed by atoms with Crippen LogP contribution in [-0.4, -0.2) is 29.6 Å². The molecule has 1 aromatic rings. The molecule has 0 saturated heterocycles. The van der Waals surface area contributed by atoms with Gasteiger partial charge in [-0.05, 0) is 26.5 Å². The van der Waals surface area contributed by atoms with Crippen LogP contribution in [0.5, 0.6) is 0 Å². The van der Waals surface area contributed by atoms with Crippen molar-refractivity contribution in [1.29, 1.82) is 0 Å². The molecule has 0 saturated carbocycles. The number of carboxylic acid groups (broad SMARTS) is 1. The van der Waals surface area contributed by atoms with Gasteiger partial charge in [0.2, 0.25) is 0 Å². The van der Waals surface area contributed by atoms with Gasteiger partial charge in [-0.2, -0.15) is 0 Å². The van der Waals surface area contributed by atoms with Crippen molar-refractivity contribution >= 4 is 5.97 Å². The molecule has 92 valence electrons. The second kappa shape index (κ2) is 6.21. The van der Waals surface area contributed by atoms with E-state index in [-0.39, 0.29) is 0 Å². The van der Waals surface area contributed by atoms with E-state index in [1.165, 1.54) is 11.1 Å². The molecule has 0 radical (unpaired) electrons. The molecule has 0 aliphatic rings. The number of nitrogens with zero attached hydrogens (tertiary/aromatic N) is 1. The number of likely N-dealkylation sites (N-methyl/N-ethyl adjacent to an activating group) is 1. The molecule has 0 aromatic heterocycles. The molecule has 0 spiro atoms. The molecule has 17 heavy (non-hydrogen) atoms. The molecule has 1 rings (SSSR count). The van der Waals surface area contributed by atoms with E-state index in [4.69, 9.17) is 5.11 Å². The third kappa shape index (κ3) is 4.83. The fourth-order valence-electron chi connectivity index (χ4n) is 1.57. The van der Waals surface area contributed by atoms with Crippen LogP contribution in [0.3, 0.4) is 0 Å². The molecule has 3 nitrogen and oxygen atoms in total. The molecule has 1 aromatic carbocycles. The predicted molar refractivity (Wildman–Crippen MR) is 68.9 cm³/mol. The first kappa shape index (κ1) is 13.5. The number of carbonyl (C=O) groups is 1. The van der Waals surface area contributed by atoms with Gasteiger partial charge in [0, 0.05) is 18.7 Å². The normalized spacial score (nSPS) is 11.9. The number of aliphatic carboxylic acids is 1. The molecule has 0 fully saturated rings. The smallest absolute Gasteiger partial charge is 0.330 e. The van der Waals surface area contributed by atoms with Crippen LogP contribution in [0.25, 0.3) is 0 Å². The average molecular weight is 233 g/mol. The van der Waals surface area contributed by atoms with Crippen molar-refractivity contribution in [2.45, 2.75) is 20.4 Å². The quantitative estimate of drug-likeness (QED) is 0.794. The minimum absolute atomic E-state index is 0.390. The fourth-order valence-corrected chi connectivity index (χ4v) is 1.57.